The van der Waals surface area contributed by atoms with Crippen LogP contribution < -0.4 is 4.43 Å². The second-order valence-corrected chi connectivity index (χ2v) is 7.80. The van der Waals surface area contributed by atoms with Gasteiger partial charge in [0.25, 0.3) is 0 Å². The first-order valence-corrected chi connectivity index (χ1v) is 7.60. The normalized spacial score (nSPS) is 10.9. The third-order valence-electron chi connectivity index (χ3n) is 1.77. The van der Waals surface area contributed by atoms with Crippen LogP contribution in [0.15, 0.2) is 43.0 Å². The van der Waals surface area contributed by atoms with Crippen molar-refractivity contribution in [3.05, 3.63) is 43.0 Å². The molecule has 0 aliphatic rings. The van der Waals surface area contributed by atoms with Crippen molar-refractivity contribution in [3.8, 4) is 5.75 Å². The Morgan fingerprint density at radius 2 is 1.92 bits per heavy atom. The van der Waals surface area contributed by atoms with Gasteiger partial charge in [0.15, 0.2) is 0 Å². The van der Waals surface area contributed by atoms with Crippen LogP contribution in [0.4, 0.5) is 0 Å². The van der Waals surface area contributed by atoms with E-state index in [0.29, 0.717) is 0 Å². The van der Waals surface area contributed by atoms with Crippen LogP contribution in [0, 0.1) is 0 Å². The summed E-state index contributed by atoms with van der Waals surface area (Å²) in [6.07, 6.45) is 1.94. The SMILES string of the molecule is C=CC[Si](C)(C)Oc1ccccc1. The number of para-hydroxylation sites is 1. The number of hydrogen-bond donors (Lipinski definition) is 0. The molecule has 0 aromatic heterocycles. The van der Waals surface area contributed by atoms with Crippen LogP contribution in [0.5, 0.6) is 5.75 Å². The number of hydrogen-bond acceptors (Lipinski definition) is 1. The van der Waals surface area contributed by atoms with E-state index in [2.05, 4.69) is 19.7 Å². The van der Waals surface area contributed by atoms with E-state index in [-0.39, 0.29) is 0 Å². The average Bonchev–Trinajstić information content (AvgIpc) is 2.04. The van der Waals surface area contributed by atoms with E-state index in [1.54, 1.807) is 0 Å². The molecule has 0 saturated carbocycles. The van der Waals surface area contributed by atoms with Gasteiger partial charge in [-0.1, -0.05) is 24.3 Å². The summed E-state index contributed by atoms with van der Waals surface area (Å²) in [6.45, 7) is 8.13. The van der Waals surface area contributed by atoms with Gasteiger partial charge >= 0.3 is 0 Å². The molecule has 1 aromatic rings. The van der Waals surface area contributed by atoms with Crippen LogP contribution in [0.1, 0.15) is 0 Å². The molecule has 0 atom stereocenters. The molecule has 0 heterocycles. The van der Waals surface area contributed by atoms with E-state index >= 15 is 0 Å². The van der Waals surface area contributed by atoms with Gasteiger partial charge in [-0.25, -0.2) is 0 Å². The maximum Gasteiger partial charge on any atom is 0.248 e. The van der Waals surface area contributed by atoms with Gasteiger partial charge in [0.2, 0.25) is 8.32 Å². The summed E-state index contributed by atoms with van der Waals surface area (Å²) in [5.74, 6) is 0.973. The van der Waals surface area contributed by atoms with Crippen molar-refractivity contribution in [2.24, 2.45) is 0 Å². The molecular weight excluding hydrogens is 176 g/mol. The minimum Gasteiger partial charge on any atom is -0.544 e. The van der Waals surface area contributed by atoms with Gasteiger partial charge in [-0.2, -0.15) is 0 Å². The highest BCUT2D eigenvalue weighted by molar-refractivity contribution is 6.72. The van der Waals surface area contributed by atoms with Gasteiger partial charge in [0.1, 0.15) is 5.75 Å². The first kappa shape index (κ1) is 10.1. The summed E-state index contributed by atoms with van der Waals surface area (Å²) >= 11 is 0. The number of benzene rings is 1. The fourth-order valence-electron chi connectivity index (χ4n) is 1.20. The molecule has 0 N–H and O–H groups in total. The quantitative estimate of drug-likeness (QED) is 0.524. The van der Waals surface area contributed by atoms with Crippen molar-refractivity contribution in [2.45, 2.75) is 19.1 Å². The van der Waals surface area contributed by atoms with Crippen molar-refractivity contribution >= 4 is 8.32 Å². The molecule has 70 valence electrons. The Morgan fingerprint density at radius 1 is 1.31 bits per heavy atom. The molecule has 1 aromatic carbocycles. The average molecular weight is 192 g/mol. The number of allylic oxidation sites excluding steroid dienone is 1. The largest absolute Gasteiger partial charge is 0.544 e. The summed E-state index contributed by atoms with van der Waals surface area (Å²) in [7, 11) is -1.56. The summed E-state index contributed by atoms with van der Waals surface area (Å²) in [6, 6.07) is 11.0. The zero-order chi connectivity index (χ0) is 9.73. The minimum absolute atomic E-state index is 0.973. The molecule has 1 rings (SSSR count). The van der Waals surface area contributed by atoms with E-state index in [1.807, 2.05) is 36.4 Å². The van der Waals surface area contributed by atoms with Gasteiger partial charge in [-0.05, 0) is 31.3 Å². The molecule has 0 saturated heterocycles. The Balaban J connectivity index is 2.63. The molecular formula is C11H16OSi. The lowest BCUT2D eigenvalue weighted by Crippen LogP contribution is -2.33. The van der Waals surface area contributed by atoms with Gasteiger partial charge in [0, 0.05) is 0 Å². The topological polar surface area (TPSA) is 9.23 Å². The van der Waals surface area contributed by atoms with Crippen molar-refractivity contribution in [1.82, 2.24) is 0 Å². The molecule has 0 fully saturated rings. The third kappa shape index (κ3) is 3.47. The third-order valence-corrected chi connectivity index (χ3v) is 3.83. The van der Waals surface area contributed by atoms with Gasteiger partial charge in [-0.3, -0.25) is 0 Å². The molecule has 2 heteroatoms. The van der Waals surface area contributed by atoms with Gasteiger partial charge < -0.3 is 4.43 Å². The second kappa shape index (κ2) is 4.28. The van der Waals surface area contributed by atoms with Crippen LogP contribution in [0.25, 0.3) is 0 Å². The van der Waals surface area contributed by atoms with E-state index < -0.39 is 8.32 Å². The van der Waals surface area contributed by atoms with E-state index in [4.69, 9.17) is 4.43 Å². The first-order valence-electron chi connectivity index (χ1n) is 4.49. The predicted octanol–water partition coefficient (Wildman–Crippen LogP) is 3.46. The van der Waals surface area contributed by atoms with Crippen LogP contribution in [-0.2, 0) is 0 Å². The molecule has 0 amide bonds. The van der Waals surface area contributed by atoms with Crippen LogP contribution in [0.2, 0.25) is 19.1 Å². The lowest BCUT2D eigenvalue weighted by Gasteiger charge is -2.22. The molecule has 0 aliphatic carbocycles. The highest BCUT2D eigenvalue weighted by atomic mass is 28.4. The summed E-state index contributed by atoms with van der Waals surface area (Å²) in [5, 5.41) is 0. The summed E-state index contributed by atoms with van der Waals surface area (Å²) < 4.78 is 5.91. The van der Waals surface area contributed by atoms with E-state index in [0.717, 1.165) is 11.8 Å². The lowest BCUT2D eigenvalue weighted by atomic mass is 10.3. The molecule has 0 bridgehead atoms. The van der Waals surface area contributed by atoms with Crippen molar-refractivity contribution in [1.29, 1.82) is 0 Å². The highest BCUT2D eigenvalue weighted by Gasteiger charge is 2.21. The summed E-state index contributed by atoms with van der Waals surface area (Å²) in [4.78, 5) is 0. The predicted molar refractivity (Wildman–Crippen MR) is 59.6 cm³/mol. The van der Waals surface area contributed by atoms with Crippen molar-refractivity contribution in [3.63, 3.8) is 0 Å². The second-order valence-electron chi connectivity index (χ2n) is 3.67. The van der Waals surface area contributed by atoms with Crippen LogP contribution in [0.3, 0.4) is 0 Å². The first-order chi connectivity index (χ1) is 6.14. The zero-order valence-electron chi connectivity index (χ0n) is 8.29. The maximum absolute atomic E-state index is 5.91. The molecule has 0 aliphatic heterocycles. The fourth-order valence-corrected chi connectivity index (χ4v) is 2.75. The standard InChI is InChI=1S/C11H16OSi/c1-4-10-13(2,3)12-11-8-6-5-7-9-11/h4-9H,1,10H2,2-3H3. The van der Waals surface area contributed by atoms with E-state index in [9.17, 15) is 0 Å². The zero-order valence-corrected chi connectivity index (χ0v) is 9.29. The van der Waals surface area contributed by atoms with Crippen LogP contribution in [-0.4, -0.2) is 8.32 Å². The smallest absolute Gasteiger partial charge is 0.248 e. The lowest BCUT2D eigenvalue weighted by molar-refractivity contribution is 0.552. The molecule has 0 spiro atoms. The molecule has 0 unspecified atom stereocenters. The Labute approximate surface area is 81.2 Å². The van der Waals surface area contributed by atoms with Crippen molar-refractivity contribution in [2.75, 3.05) is 0 Å². The fraction of sp³-hybridized carbons (Fsp3) is 0.273. The Morgan fingerprint density at radius 3 is 2.46 bits per heavy atom. The monoisotopic (exact) mass is 192 g/mol. The number of rotatable bonds is 4. The maximum atomic E-state index is 5.91. The minimum atomic E-state index is -1.56. The Bertz CT molecular complexity index is 267. The van der Waals surface area contributed by atoms with E-state index in [1.165, 1.54) is 0 Å². The Kier molecular flexibility index (Phi) is 3.31. The van der Waals surface area contributed by atoms with Gasteiger partial charge in [0.05, 0.1) is 0 Å². The highest BCUT2D eigenvalue weighted by Crippen LogP contribution is 2.18. The molecule has 0 radical (unpaired) electrons. The van der Waals surface area contributed by atoms with Crippen molar-refractivity contribution < 1.29 is 4.43 Å². The Hall–Kier alpha value is -1.02. The van der Waals surface area contributed by atoms with Crippen LogP contribution >= 0.6 is 0 Å². The summed E-state index contributed by atoms with van der Waals surface area (Å²) in [5.41, 5.74) is 0. The molecule has 13 heavy (non-hydrogen) atoms. The van der Waals surface area contributed by atoms with Gasteiger partial charge in [-0.15, -0.1) is 6.58 Å². The molecule has 1 nitrogen and oxygen atoms in total.